The van der Waals surface area contributed by atoms with Gasteiger partial charge in [0.15, 0.2) is 0 Å². The number of fused-ring (bicyclic) bond motifs is 1. The maximum absolute atomic E-state index is 13.8. The van der Waals surface area contributed by atoms with Crippen LogP contribution in [0, 0.1) is 18.7 Å². The molecular formula is C15H15BrFN3O. The number of nitrogens with one attached hydrogen (secondary N) is 2. The molecule has 1 atom stereocenters. The lowest BCUT2D eigenvalue weighted by atomic mass is 9.89. The molecule has 110 valence electrons. The molecule has 1 aliphatic rings. The van der Waals surface area contributed by atoms with Crippen LogP contribution in [0.2, 0.25) is 0 Å². The third-order valence-electron chi connectivity index (χ3n) is 3.72. The number of anilines is 1. The first-order chi connectivity index (χ1) is 10.0. The molecule has 1 heterocycles. The van der Waals surface area contributed by atoms with E-state index in [-0.39, 0.29) is 17.5 Å². The maximum atomic E-state index is 13.8. The van der Waals surface area contributed by atoms with Gasteiger partial charge < -0.3 is 10.3 Å². The molecule has 1 aromatic carbocycles. The lowest BCUT2D eigenvalue weighted by Crippen LogP contribution is -2.28. The van der Waals surface area contributed by atoms with Crippen molar-refractivity contribution in [3.05, 3.63) is 45.7 Å². The van der Waals surface area contributed by atoms with Crippen LogP contribution in [-0.4, -0.2) is 15.9 Å². The van der Waals surface area contributed by atoms with Crippen molar-refractivity contribution in [1.29, 1.82) is 0 Å². The molecule has 1 unspecified atom stereocenters. The highest BCUT2D eigenvalue weighted by Crippen LogP contribution is 2.26. The third kappa shape index (κ3) is 3.00. The molecule has 1 amide bonds. The Morgan fingerprint density at radius 1 is 1.52 bits per heavy atom. The fourth-order valence-electron chi connectivity index (χ4n) is 2.67. The van der Waals surface area contributed by atoms with Gasteiger partial charge in [0.05, 0.1) is 11.4 Å². The number of benzene rings is 1. The predicted molar refractivity (Wildman–Crippen MR) is 81.6 cm³/mol. The first-order valence-corrected chi connectivity index (χ1v) is 7.62. The zero-order valence-corrected chi connectivity index (χ0v) is 13.1. The molecule has 2 aromatic rings. The van der Waals surface area contributed by atoms with Crippen LogP contribution in [0.3, 0.4) is 0 Å². The SMILES string of the molecule is Cc1nc2c([nH]1)CC(C(=O)Nc1ccc(Br)cc1F)CC2. The van der Waals surface area contributed by atoms with E-state index in [1.807, 2.05) is 6.92 Å². The van der Waals surface area contributed by atoms with Crippen molar-refractivity contribution < 1.29 is 9.18 Å². The van der Waals surface area contributed by atoms with Gasteiger partial charge in [-0.3, -0.25) is 4.79 Å². The van der Waals surface area contributed by atoms with Crippen molar-refractivity contribution in [2.24, 2.45) is 5.92 Å². The Labute approximate surface area is 130 Å². The van der Waals surface area contributed by atoms with Crippen LogP contribution in [0.25, 0.3) is 0 Å². The van der Waals surface area contributed by atoms with Crippen molar-refractivity contribution in [3.8, 4) is 0 Å². The van der Waals surface area contributed by atoms with Gasteiger partial charge in [-0.15, -0.1) is 0 Å². The molecule has 0 aliphatic heterocycles. The molecule has 1 aromatic heterocycles. The van der Waals surface area contributed by atoms with E-state index < -0.39 is 5.82 Å². The summed E-state index contributed by atoms with van der Waals surface area (Å²) in [4.78, 5) is 19.9. The molecule has 2 N–H and O–H groups in total. The maximum Gasteiger partial charge on any atom is 0.227 e. The standard InChI is InChI=1S/C15H15BrFN3O/c1-8-18-13-4-2-9(6-14(13)19-8)15(21)20-12-5-3-10(16)7-11(12)17/h3,5,7,9H,2,4,6H2,1H3,(H,18,19)(H,20,21). The number of aromatic nitrogens is 2. The highest BCUT2D eigenvalue weighted by molar-refractivity contribution is 9.10. The molecule has 0 spiro atoms. The molecule has 3 rings (SSSR count). The van der Waals surface area contributed by atoms with Crippen LogP contribution in [-0.2, 0) is 17.6 Å². The van der Waals surface area contributed by atoms with Crippen molar-refractivity contribution in [1.82, 2.24) is 9.97 Å². The van der Waals surface area contributed by atoms with Crippen LogP contribution in [0.15, 0.2) is 22.7 Å². The first kappa shape index (κ1) is 14.3. The number of carbonyl (C=O) groups excluding carboxylic acids is 1. The summed E-state index contributed by atoms with van der Waals surface area (Å²) < 4.78 is 14.4. The van der Waals surface area contributed by atoms with Crippen LogP contribution in [0.1, 0.15) is 23.6 Å². The van der Waals surface area contributed by atoms with Crippen molar-refractivity contribution in [3.63, 3.8) is 0 Å². The second-order valence-electron chi connectivity index (χ2n) is 5.30. The van der Waals surface area contributed by atoms with Gasteiger partial charge in [0.25, 0.3) is 0 Å². The van der Waals surface area contributed by atoms with E-state index in [2.05, 4.69) is 31.2 Å². The number of H-pyrrole nitrogens is 1. The van der Waals surface area contributed by atoms with E-state index in [4.69, 9.17) is 0 Å². The number of carbonyl (C=O) groups is 1. The number of imidazole rings is 1. The number of halogens is 2. The van der Waals surface area contributed by atoms with Crippen LogP contribution in [0.4, 0.5) is 10.1 Å². The Bertz CT molecular complexity index is 698. The summed E-state index contributed by atoms with van der Waals surface area (Å²) >= 11 is 3.20. The summed E-state index contributed by atoms with van der Waals surface area (Å²) in [6.45, 7) is 1.91. The number of rotatable bonds is 2. The third-order valence-corrected chi connectivity index (χ3v) is 4.22. The number of amides is 1. The molecule has 0 radical (unpaired) electrons. The summed E-state index contributed by atoms with van der Waals surface area (Å²) in [7, 11) is 0. The minimum Gasteiger partial charge on any atom is -0.346 e. The van der Waals surface area contributed by atoms with Gasteiger partial charge in [0.2, 0.25) is 5.91 Å². The molecule has 21 heavy (non-hydrogen) atoms. The first-order valence-electron chi connectivity index (χ1n) is 6.83. The molecule has 0 fully saturated rings. The zero-order valence-electron chi connectivity index (χ0n) is 11.5. The second-order valence-corrected chi connectivity index (χ2v) is 6.22. The summed E-state index contributed by atoms with van der Waals surface area (Å²) in [5.41, 5.74) is 2.29. The summed E-state index contributed by atoms with van der Waals surface area (Å²) in [6.07, 6.45) is 2.14. The molecule has 1 aliphatic carbocycles. The minimum atomic E-state index is -0.438. The van der Waals surface area contributed by atoms with Gasteiger partial charge in [-0.1, -0.05) is 15.9 Å². The van der Waals surface area contributed by atoms with E-state index in [0.29, 0.717) is 10.9 Å². The molecular weight excluding hydrogens is 337 g/mol. The average molecular weight is 352 g/mol. The summed E-state index contributed by atoms with van der Waals surface area (Å²) in [5, 5.41) is 2.68. The van der Waals surface area contributed by atoms with Crippen LogP contribution >= 0.6 is 15.9 Å². The van der Waals surface area contributed by atoms with Crippen molar-refractivity contribution in [2.45, 2.75) is 26.2 Å². The number of aromatic amines is 1. The molecule has 6 heteroatoms. The van der Waals surface area contributed by atoms with E-state index in [9.17, 15) is 9.18 Å². The lowest BCUT2D eigenvalue weighted by Gasteiger charge is -2.20. The summed E-state index contributed by atoms with van der Waals surface area (Å²) in [6, 6.07) is 4.61. The second kappa shape index (κ2) is 5.60. The smallest absolute Gasteiger partial charge is 0.227 e. The van der Waals surface area contributed by atoms with E-state index >= 15 is 0 Å². The van der Waals surface area contributed by atoms with E-state index in [1.165, 1.54) is 6.07 Å². The van der Waals surface area contributed by atoms with E-state index in [0.717, 1.165) is 30.1 Å². The number of aryl methyl sites for hydroxylation is 2. The van der Waals surface area contributed by atoms with E-state index in [1.54, 1.807) is 12.1 Å². The largest absolute Gasteiger partial charge is 0.346 e. The van der Waals surface area contributed by atoms with Gasteiger partial charge in [-0.05, 0) is 38.0 Å². The topological polar surface area (TPSA) is 57.8 Å². The van der Waals surface area contributed by atoms with Gasteiger partial charge in [-0.2, -0.15) is 0 Å². The van der Waals surface area contributed by atoms with Gasteiger partial charge in [0.1, 0.15) is 11.6 Å². The highest BCUT2D eigenvalue weighted by atomic mass is 79.9. The Kier molecular flexibility index (Phi) is 3.80. The fraction of sp³-hybridized carbons (Fsp3) is 0.333. The zero-order chi connectivity index (χ0) is 15.0. The normalized spacial score (nSPS) is 17.4. The predicted octanol–water partition coefficient (Wildman–Crippen LogP) is 3.36. The number of nitrogens with zero attached hydrogens (tertiary/aromatic N) is 1. The highest BCUT2D eigenvalue weighted by Gasteiger charge is 2.27. The number of hydrogen-bond acceptors (Lipinski definition) is 2. The Hall–Kier alpha value is -1.69. The molecule has 0 saturated heterocycles. The Morgan fingerprint density at radius 2 is 2.33 bits per heavy atom. The Balaban J connectivity index is 1.72. The lowest BCUT2D eigenvalue weighted by molar-refractivity contribution is -0.120. The number of hydrogen-bond donors (Lipinski definition) is 2. The minimum absolute atomic E-state index is 0.144. The quantitative estimate of drug-likeness (QED) is 0.871. The van der Waals surface area contributed by atoms with Crippen LogP contribution in [0.5, 0.6) is 0 Å². The van der Waals surface area contributed by atoms with Gasteiger partial charge in [0, 0.05) is 22.5 Å². The van der Waals surface area contributed by atoms with Gasteiger partial charge >= 0.3 is 0 Å². The average Bonchev–Trinajstić information content (AvgIpc) is 2.80. The van der Waals surface area contributed by atoms with Crippen molar-refractivity contribution >= 4 is 27.5 Å². The Morgan fingerprint density at radius 3 is 3.10 bits per heavy atom. The van der Waals surface area contributed by atoms with Gasteiger partial charge in [-0.25, -0.2) is 9.37 Å². The fourth-order valence-corrected chi connectivity index (χ4v) is 3.01. The molecule has 4 nitrogen and oxygen atoms in total. The molecule has 0 bridgehead atoms. The van der Waals surface area contributed by atoms with Crippen molar-refractivity contribution in [2.75, 3.05) is 5.32 Å². The monoisotopic (exact) mass is 351 g/mol. The summed E-state index contributed by atoms with van der Waals surface area (Å²) in [5.74, 6) is 0.140. The molecule has 0 saturated carbocycles. The van der Waals surface area contributed by atoms with Crippen LogP contribution < -0.4 is 5.32 Å².